The van der Waals surface area contributed by atoms with Gasteiger partial charge in [-0.1, -0.05) is 0 Å². The highest BCUT2D eigenvalue weighted by Gasteiger charge is 2.47. The van der Waals surface area contributed by atoms with Crippen molar-refractivity contribution in [3.63, 3.8) is 0 Å². The van der Waals surface area contributed by atoms with E-state index in [9.17, 15) is 24.0 Å². The largest absolute Gasteiger partial charge is 0.496 e. The number of nitrogens with zero attached hydrogens (tertiary/aromatic N) is 5. The Morgan fingerprint density at radius 3 is 2.21 bits per heavy atom. The molecule has 1 unspecified atom stereocenters. The van der Waals surface area contributed by atoms with Crippen molar-refractivity contribution in [2.75, 3.05) is 64.9 Å². The number of aryl methyl sites for hydroxylation is 2. The molecule has 0 aliphatic carbocycles. The number of carbonyl (C=O) groups is 4. The molecule has 1 atom stereocenters. The minimum absolute atomic E-state index is 0.0169. The first-order chi connectivity index (χ1) is 28.0. The molecule has 4 fully saturated rings. The zero-order valence-electron chi connectivity index (χ0n) is 33.6. The van der Waals surface area contributed by atoms with E-state index in [0.29, 0.717) is 17.0 Å². The van der Waals surface area contributed by atoms with Crippen molar-refractivity contribution in [1.29, 1.82) is 0 Å². The van der Waals surface area contributed by atoms with Crippen molar-refractivity contribution in [3.8, 4) is 22.6 Å². The summed E-state index contributed by atoms with van der Waals surface area (Å²) in [5.74, 6) is 0.325. The van der Waals surface area contributed by atoms with Crippen LogP contribution in [0.15, 0.2) is 46.7 Å². The molecular formula is C44H50N6O7S. The Morgan fingerprint density at radius 1 is 0.845 bits per heavy atom. The SMILES string of the molecule is COc1cc(-c2cn(C)c(=O)c3c(C)csc23)cc(OC)c1CN1CCC(CN2CCC3(CC2)CN(c2ccc4c(c2)C(=O)N(C2CCC(=O)NC2=O)C4=O)C3)CC1. The number of likely N-dealkylation sites (tertiary alicyclic amines) is 2. The smallest absolute Gasteiger partial charge is 0.262 e. The molecule has 7 heterocycles. The van der Waals surface area contributed by atoms with Gasteiger partial charge in [0.05, 0.1) is 36.3 Å². The molecule has 0 bridgehead atoms. The number of rotatable bonds is 9. The number of thiophene rings is 1. The lowest BCUT2D eigenvalue weighted by molar-refractivity contribution is -0.136. The molecule has 4 amide bonds. The second kappa shape index (κ2) is 15.0. The van der Waals surface area contributed by atoms with Gasteiger partial charge in [-0.2, -0.15) is 0 Å². The maximum absolute atomic E-state index is 13.4. The molecule has 13 nitrogen and oxygen atoms in total. The van der Waals surface area contributed by atoms with E-state index in [-0.39, 0.29) is 29.7 Å². The molecule has 58 heavy (non-hydrogen) atoms. The van der Waals surface area contributed by atoms with Crippen LogP contribution in [0.5, 0.6) is 11.5 Å². The van der Waals surface area contributed by atoms with E-state index >= 15 is 0 Å². The molecule has 14 heteroatoms. The number of nitrogens with one attached hydrogen (secondary N) is 1. The maximum Gasteiger partial charge on any atom is 0.262 e. The van der Waals surface area contributed by atoms with Crippen LogP contribution in [0.2, 0.25) is 0 Å². The lowest BCUT2D eigenvalue weighted by Crippen LogP contribution is -2.60. The number of aromatic nitrogens is 1. The predicted octanol–water partition coefficient (Wildman–Crippen LogP) is 4.81. The molecule has 1 spiro atoms. The number of benzene rings is 2. The Bertz CT molecular complexity index is 2370. The number of imide groups is 2. The Labute approximate surface area is 341 Å². The van der Waals surface area contributed by atoms with Gasteiger partial charge in [0, 0.05) is 67.2 Å². The summed E-state index contributed by atoms with van der Waals surface area (Å²) in [4.78, 5) is 72.0. The van der Waals surface area contributed by atoms with Gasteiger partial charge in [-0.3, -0.25) is 39.1 Å². The molecular weight excluding hydrogens is 757 g/mol. The lowest BCUT2D eigenvalue weighted by atomic mass is 9.71. The number of carbonyl (C=O) groups excluding carboxylic acids is 4. The van der Waals surface area contributed by atoms with E-state index in [2.05, 4.69) is 32.1 Å². The third-order valence-electron chi connectivity index (χ3n) is 13.4. The van der Waals surface area contributed by atoms with Crippen molar-refractivity contribution in [1.82, 2.24) is 24.6 Å². The van der Waals surface area contributed by atoms with Crippen LogP contribution in [0.25, 0.3) is 21.2 Å². The number of hydrogen-bond acceptors (Lipinski definition) is 11. The highest BCUT2D eigenvalue weighted by Crippen LogP contribution is 2.44. The number of hydrogen-bond donors (Lipinski definition) is 1. The molecule has 4 saturated heterocycles. The summed E-state index contributed by atoms with van der Waals surface area (Å²) in [6.45, 7) is 9.90. The minimum Gasteiger partial charge on any atom is -0.496 e. The average Bonchev–Trinajstić information content (AvgIpc) is 3.72. The van der Waals surface area contributed by atoms with Gasteiger partial charge in [0.25, 0.3) is 17.4 Å². The first-order valence-electron chi connectivity index (χ1n) is 20.3. The molecule has 9 rings (SSSR count). The third kappa shape index (κ3) is 6.68. The highest BCUT2D eigenvalue weighted by molar-refractivity contribution is 7.18. The summed E-state index contributed by atoms with van der Waals surface area (Å²) in [6.07, 6.45) is 6.73. The van der Waals surface area contributed by atoms with Gasteiger partial charge < -0.3 is 23.8 Å². The number of methoxy groups -OCH3 is 2. The first kappa shape index (κ1) is 38.5. The Morgan fingerprint density at radius 2 is 1.53 bits per heavy atom. The van der Waals surface area contributed by atoms with Crippen LogP contribution in [-0.2, 0) is 23.2 Å². The molecule has 5 aliphatic rings. The van der Waals surface area contributed by atoms with Crippen LogP contribution in [0.3, 0.4) is 0 Å². The van der Waals surface area contributed by atoms with E-state index < -0.39 is 23.8 Å². The topological polar surface area (TPSA) is 134 Å². The van der Waals surface area contributed by atoms with Gasteiger partial charge in [0.1, 0.15) is 17.5 Å². The quantitative estimate of drug-likeness (QED) is 0.235. The number of amides is 4. The first-order valence-corrected chi connectivity index (χ1v) is 21.2. The van der Waals surface area contributed by atoms with E-state index in [4.69, 9.17) is 9.47 Å². The minimum atomic E-state index is -0.959. The van der Waals surface area contributed by atoms with Crippen molar-refractivity contribution in [2.45, 2.75) is 58.0 Å². The zero-order valence-corrected chi connectivity index (χ0v) is 34.4. The molecule has 304 valence electrons. The Kier molecular flexibility index (Phi) is 9.92. The van der Waals surface area contributed by atoms with Crippen LogP contribution in [0, 0.1) is 18.3 Å². The number of anilines is 1. The monoisotopic (exact) mass is 806 g/mol. The molecule has 0 radical (unpaired) electrons. The molecule has 4 aromatic rings. The summed E-state index contributed by atoms with van der Waals surface area (Å²) in [5, 5.41) is 5.07. The van der Waals surface area contributed by atoms with Crippen molar-refractivity contribution >= 4 is 50.7 Å². The number of ether oxygens (including phenoxy) is 2. The van der Waals surface area contributed by atoms with Crippen LogP contribution in [0.4, 0.5) is 5.69 Å². The summed E-state index contributed by atoms with van der Waals surface area (Å²) in [5.41, 5.74) is 5.85. The normalized spacial score (nSPS) is 21.5. The van der Waals surface area contributed by atoms with Gasteiger partial charge in [0.15, 0.2) is 0 Å². The zero-order chi connectivity index (χ0) is 40.5. The number of piperidine rings is 3. The lowest BCUT2D eigenvalue weighted by Gasteiger charge is -2.55. The maximum atomic E-state index is 13.4. The fourth-order valence-electron chi connectivity index (χ4n) is 9.94. The van der Waals surface area contributed by atoms with E-state index in [1.54, 1.807) is 49.3 Å². The summed E-state index contributed by atoms with van der Waals surface area (Å²) < 4.78 is 14.6. The van der Waals surface area contributed by atoms with Gasteiger partial charge in [-0.15, -0.1) is 11.3 Å². The van der Waals surface area contributed by atoms with E-state index in [1.807, 2.05) is 24.6 Å². The standard InChI is InChI=1S/C44H50N6O7S/c1-26-23-58-39-32(21-46(2)43(55)38(26)39)28-17-35(56-3)33(36(18-28)57-4)22-47-13-9-27(10-14-47)20-48-15-11-44(12-16-48)24-49(25-44)29-5-6-30-31(19-29)42(54)50(41(30)53)34-7-8-37(51)45-40(34)52/h5-6,17-19,21,23,27,34H,7-16,20,22,24-25H2,1-4H3,(H,45,51,52). The summed E-state index contributed by atoms with van der Waals surface area (Å²) in [7, 11) is 5.22. The van der Waals surface area contributed by atoms with Crippen molar-refractivity contribution in [3.05, 3.63) is 74.5 Å². The fraction of sp³-hybridized carbons (Fsp3) is 0.477. The van der Waals surface area contributed by atoms with Gasteiger partial charge in [-0.05, 0) is 118 Å². The third-order valence-corrected chi connectivity index (χ3v) is 14.5. The highest BCUT2D eigenvalue weighted by atomic mass is 32.1. The summed E-state index contributed by atoms with van der Waals surface area (Å²) >= 11 is 1.60. The number of fused-ring (bicyclic) bond motifs is 2. The van der Waals surface area contributed by atoms with Crippen LogP contribution < -0.4 is 25.2 Å². The molecule has 2 aromatic heterocycles. The average molecular weight is 807 g/mol. The van der Waals surface area contributed by atoms with Crippen LogP contribution >= 0.6 is 11.3 Å². The van der Waals surface area contributed by atoms with Gasteiger partial charge >= 0.3 is 0 Å². The molecule has 5 aliphatic heterocycles. The summed E-state index contributed by atoms with van der Waals surface area (Å²) in [6, 6.07) is 8.62. The molecule has 0 saturated carbocycles. The predicted molar refractivity (Wildman–Crippen MR) is 222 cm³/mol. The Hall–Kier alpha value is -5.05. The Balaban J connectivity index is 0.771. The second-order valence-electron chi connectivity index (χ2n) is 17.0. The van der Waals surface area contributed by atoms with Crippen molar-refractivity contribution in [2.24, 2.45) is 18.4 Å². The molecule has 2 aromatic carbocycles. The van der Waals surface area contributed by atoms with E-state index in [0.717, 1.165) is 132 Å². The van der Waals surface area contributed by atoms with E-state index in [1.165, 1.54) is 0 Å². The number of pyridine rings is 1. The molecule has 1 N–H and O–H groups in total. The fourth-order valence-corrected chi connectivity index (χ4v) is 11.0. The van der Waals surface area contributed by atoms with Crippen LogP contribution in [-0.4, -0.2) is 109 Å². The van der Waals surface area contributed by atoms with Crippen LogP contribution in [0.1, 0.15) is 70.4 Å². The van der Waals surface area contributed by atoms with Crippen molar-refractivity contribution < 1.29 is 28.7 Å². The van der Waals surface area contributed by atoms with Gasteiger partial charge in [0.2, 0.25) is 11.8 Å². The second-order valence-corrected chi connectivity index (χ2v) is 17.9. The van der Waals surface area contributed by atoms with Gasteiger partial charge in [-0.25, -0.2) is 0 Å².